The van der Waals surface area contributed by atoms with Crippen LogP contribution in [-0.2, 0) is 5.60 Å². The zero-order valence-electron chi connectivity index (χ0n) is 20.8. The minimum absolute atomic E-state index is 0.0730. The van der Waals surface area contributed by atoms with Gasteiger partial charge >= 0.3 is 6.61 Å². The summed E-state index contributed by atoms with van der Waals surface area (Å²) in [5, 5.41) is 23.8. The van der Waals surface area contributed by atoms with E-state index in [9.17, 15) is 27.5 Å². The molecule has 2 bridgehead atoms. The summed E-state index contributed by atoms with van der Waals surface area (Å²) in [6, 6.07) is 9.15. The molecule has 1 aromatic carbocycles. The molecule has 0 unspecified atom stereocenters. The van der Waals surface area contributed by atoms with E-state index in [0.29, 0.717) is 34.3 Å². The van der Waals surface area contributed by atoms with Crippen LogP contribution in [0.15, 0.2) is 48.9 Å². The van der Waals surface area contributed by atoms with Crippen LogP contribution in [0.5, 0.6) is 5.75 Å². The van der Waals surface area contributed by atoms with Crippen molar-refractivity contribution in [1.29, 1.82) is 5.26 Å². The number of hydrogen-bond acceptors (Lipinski definition) is 7. The molecular formula is C27H20F4N6O3. The van der Waals surface area contributed by atoms with E-state index in [4.69, 9.17) is 15.1 Å². The van der Waals surface area contributed by atoms with Crippen molar-refractivity contribution in [3.05, 3.63) is 77.1 Å². The number of aromatic nitrogens is 4. The van der Waals surface area contributed by atoms with Crippen LogP contribution in [0.3, 0.4) is 0 Å². The van der Waals surface area contributed by atoms with Crippen LogP contribution >= 0.6 is 0 Å². The SMILES string of the molecule is CN1C(=O)c2cccc(OC(F)F)c2[C@H]2C[C@@H]1c1nn3ccc(-c4cnc([C@@](O)(CC#N)C(F)F)nc4)cc3c12. The molecule has 1 aliphatic carbocycles. The van der Waals surface area contributed by atoms with Gasteiger partial charge in [0.2, 0.25) is 0 Å². The van der Waals surface area contributed by atoms with Crippen molar-refractivity contribution in [2.45, 2.75) is 43.4 Å². The van der Waals surface area contributed by atoms with E-state index >= 15 is 0 Å². The Morgan fingerprint density at radius 1 is 1.18 bits per heavy atom. The van der Waals surface area contributed by atoms with E-state index in [1.807, 2.05) is 0 Å². The van der Waals surface area contributed by atoms with Gasteiger partial charge in [-0.25, -0.2) is 23.3 Å². The maximum atomic E-state index is 13.5. The highest BCUT2D eigenvalue weighted by Gasteiger charge is 2.46. The number of amides is 1. The first-order valence-corrected chi connectivity index (χ1v) is 12.2. The Bertz CT molecular complexity index is 1690. The zero-order valence-corrected chi connectivity index (χ0v) is 20.8. The maximum Gasteiger partial charge on any atom is 0.387 e. The molecule has 1 amide bonds. The lowest BCUT2D eigenvalue weighted by molar-refractivity contribution is -0.104. The normalized spacial score (nSPS) is 19.4. The summed E-state index contributed by atoms with van der Waals surface area (Å²) >= 11 is 0. The standard InChI is InChI=1S/C27H20F4N6O3/c1-36-18-10-16(20-15(23(36)38)3-2-4-19(20)40-26(30)31)21-17-9-13(5-8-37(17)35-22(18)21)14-11-33-25(34-12-14)27(39,6-7-32)24(28)29/h2-5,8-9,11-12,16,18,24,26,39H,6,10H2,1H3/t16-,18-,27-/m1/s1. The summed E-state index contributed by atoms with van der Waals surface area (Å²) in [5.41, 5.74) is 0.954. The van der Waals surface area contributed by atoms with Gasteiger partial charge in [-0.1, -0.05) is 6.07 Å². The third kappa shape index (κ3) is 3.78. The molecule has 0 spiro atoms. The molecule has 3 aromatic heterocycles. The summed E-state index contributed by atoms with van der Waals surface area (Å²) in [6.45, 7) is -3.08. The van der Waals surface area contributed by atoms with Gasteiger partial charge in [0.05, 0.1) is 29.7 Å². The number of benzene rings is 1. The number of hydrogen-bond donors (Lipinski definition) is 1. The highest BCUT2D eigenvalue weighted by atomic mass is 19.3. The molecule has 9 nitrogen and oxygen atoms in total. The van der Waals surface area contributed by atoms with Crippen molar-refractivity contribution in [3.63, 3.8) is 0 Å². The molecule has 0 saturated carbocycles. The molecule has 3 atom stereocenters. The fraction of sp³-hybridized carbons (Fsp3) is 0.296. The minimum Gasteiger partial charge on any atom is -0.434 e. The van der Waals surface area contributed by atoms with Gasteiger partial charge in [-0.2, -0.15) is 19.1 Å². The van der Waals surface area contributed by atoms with Crippen LogP contribution in [0.2, 0.25) is 0 Å². The number of pyridine rings is 1. The molecular weight excluding hydrogens is 532 g/mol. The Balaban J connectivity index is 1.47. The van der Waals surface area contributed by atoms with Gasteiger partial charge in [0.1, 0.15) is 5.75 Å². The fourth-order valence-electron chi connectivity index (χ4n) is 5.62. The van der Waals surface area contributed by atoms with Gasteiger partial charge in [0.15, 0.2) is 11.4 Å². The number of halogens is 4. The molecule has 4 heterocycles. The Kier molecular flexibility index (Phi) is 5.95. The van der Waals surface area contributed by atoms with Crippen LogP contribution < -0.4 is 4.74 Å². The molecule has 6 rings (SSSR count). The van der Waals surface area contributed by atoms with Crippen LogP contribution in [-0.4, -0.2) is 55.6 Å². The Morgan fingerprint density at radius 2 is 1.93 bits per heavy atom. The van der Waals surface area contributed by atoms with E-state index < -0.39 is 42.8 Å². The van der Waals surface area contributed by atoms with Gasteiger partial charge < -0.3 is 14.7 Å². The first kappa shape index (κ1) is 25.7. The van der Waals surface area contributed by atoms with Crippen molar-refractivity contribution in [3.8, 4) is 22.9 Å². The van der Waals surface area contributed by atoms with Crippen molar-refractivity contribution < 1.29 is 32.2 Å². The van der Waals surface area contributed by atoms with Gasteiger partial charge in [-0.05, 0) is 36.2 Å². The zero-order chi connectivity index (χ0) is 28.3. The second-order valence-corrected chi connectivity index (χ2v) is 9.72. The molecule has 1 aliphatic heterocycles. The Hall–Kier alpha value is -4.57. The van der Waals surface area contributed by atoms with E-state index in [0.717, 1.165) is 5.56 Å². The number of carbonyl (C=O) groups is 1. The number of alkyl halides is 4. The predicted octanol–water partition coefficient (Wildman–Crippen LogP) is 4.42. The maximum absolute atomic E-state index is 13.5. The monoisotopic (exact) mass is 552 g/mol. The van der Waals surface area contributed by atoms with E-state index in [-0.39, 0.29) is 17.2 Å². The number of nitriles is 1. The quantitative estimate of drug-likeness (QED) is 0.352. The topological polar surface area (TPSA) is 117 Å². The first-order valence-electron chi connectivity index (χ1n) is 12.2. The van der Waals surface area contributed by atoms with Crippen molar-refractivity contribution in [1.82, 2.24) is 24.5 Å². The highest BCUT2D eigenvalue weighted by molar-refractivity contribution is 5.98. The van der Waals surface area contributed by atoms with Crippen molar-refractivity contribution in [2.75, 3.05) is 7.05 Å². The molecule has 0 fully saturated rings. The number of rotatable bonds is 6. The van der Waals surface area contributed by atoms with Crippen molar-refractivity contribution >= 4 is 11.4 Å². The smallest absolute Gasteiger partial charge is 0.387 e. The highest BCUT2D eigenvalue weighted by Crippen LogP contribution is 2.53. The van der Waals surface area contributed by atoms with Crippen LogP contribution in [0.25, 0.3) is 16.6 Å². The molecule has 2 aliphatic rings. The van der Waals surface area contributed by atoms with E-state index in [1.54, 1.807) is 40.9 Å². The number of fused-ring (bicyclic) bond motifs is 9. The van der Waals surface area contributed by atoms with Crippen LogP contribution in [0.4, 0.5) is 17.6 Å². The lowest BCUT2D eigenvalue weighted by Gasteiger charge is -2.23. The average molecular weight is 552 g/mol. The van der Waals surface area contributed by atoms with Crippen molar-refractivity contribution in [2.24, 2.45) is 0 Å². The van der Waals surface area contributed by atoms with Crippen LogP contribution in [0.1, 0.15) is 57.8 Å². The molecule has 204 valence electrons. The van der Waals surface area contributed by atoms with Gasteiger partial charge in [-0.15, -0.1) is 0 Å². The lowest BCUT2D eigenvalue weighted by atomic mass is 9.88. The first-order chi connectivity index (χ1) is 19.1. The number of nitrogens with zero attached hydrogens (tertiary/aromatic N) is 6. The molecule has 40 heavy (non-hydrogen) atoms. The summed E-state index contributed by atoms with van der Waals surface area (Å²) in [5.74, 6) is -1.42. The largest absolute Gasteiger partial charge is 0.434 e. The summed E-state index contributed by atoms with van der Waals surface area (Å²) in [4.78, 5) is 22.6. The second kappa shape index (κ2) is 9.27. The number of ether oxygens (including phenoxy) is 1. The van der Waals surface area contributed by atoms with Crippen LogP contribution in [0, 0.1) is 11.3 Å². The average Bonchev–Trinajstić information content (AvgIpc) is 3.46. The molecule has 13 heteroatoms. The Morgan fingerprint density at radius 3 is 2.60 bits per heavy atom. The molecule has 4 aromatic rings. The van der Waals surface area contributed by atoms with E-state index in [2.05, 4.69) is 9.97 Å². The fourth-order valence-corrected chi connectivity index (χ4v) is 5.62. The summed E-state index contributed by atoms with van der Waals surface area (Å²) in [6.07, 6.45) is 0.512. The number of carbonyl (C=O) groups excluding carboxylic acids is 1. The number of aliphatic hydroxyl groups is 1. The summed E-state index contributed by atoms with van der Waals surface area (Å²) < 4.78 is 60.0. The molecule has 0 saturated heterocycles. The Labute approximate surface area is 224 Å². The third-order valence-corrected chi connectivity index (χ3v) is 7.56. The third-order valence-electron chi connectivity index (χ3n) is 7.56. The van der Waals surface area contributed by atoms with Gasteiger partial charge in [-0.3, -0.25) is 4.79 Å². The van der Waals surface area contributed by atoms with Gasteiger partial charge in [0.25, 0.3) is 12.3 Å². The van der Waals surface area contributed by atoms with Gasteiger partial charge in [0, 0.05) is 53.8 Å². The summed E-state index contributed by atoms with van der Waals surface area (Å²) in [7, 11) is 1.65. The molecule has 1 N–H and O–H groups in total. The van der Waals surface area contributed by atoms with E-state index in [1.165, 1.54) is 30.6 Å². The second-order valence-electron chi connectivity index (χ2n) is 9.72. The minimum atomic E-state index is -3.26. The molecule has 0 radical (unpaired) electrons. The lowest BCUT2D eigenvalue weighted by Crippen LogP contribution is -2.35. The predicted molar refractivity (Wildman–Crippen MR) is 131 cm³/mol.